The van der Waals surface area contributed by atoms with Crippen LogP contribution in [0.25, 0.3) is 0 Å². The Hall–Kier alpha value is -1.49. The van der Waals surface area contributed by atoms with Crippen LogP contribution in [0.5, 0.6) is 0 Å². The number of hydrogen-bond donors (Lipinski definition) is 2. The number of rotatable bonds is 6. The molecule has 0 aliphatic carbocycles. The van der Waals surface area contributed by atoms with E-state index in [1.807, 2.05) is 6.92 Å². The van der Waals surface area contributed by atoms with Gasteiger partial charge in [-0.2, -0.15) is 0 Å². The van der Waals surface area contributed by atoms with Gasteiger partial charge in [0.15, 0.2) is 0 Å². The Morgan fingerprint density at radius 1 is 1.33 bits per heavy atom. The summed E-state index contributed by atoms with van der Waals surface area (Å²) in [7, 11) is 0. The molecule has 0 fully saturated rings. The van der Waals surface area contributed by atoms with E-state index in [-0.39, 0.29) is 18.1 Å². The van der Waals surface area contributed by atoms with E-state index in [2.05, 4.69) is 5.32 Å². The maximum atomic E-state index is 12.9. The van der Waals surface area contributed by atoms with E-state index in [0.717, 1.165) is 24.6 Å². The Balaban J connectivity index is 2.59. The first-order valence-corrected chi connectivity index (χ1v) is 5.92. The number of carbonyl (C=O) groups excluding carboxylic acids is 1. The number of benzene rings is 1. The van der Waals surface area contributed by atoms with Crippen LogP contribution in [0.3, 0.4) is 0 Å². The van der Waals surface area contributed by atoms with Gasteiger partial charge in [0, 0.05) is 24.8 Å². The number of amides is 1. The molecule has 5 heteroatoms. The zero-order valence-corrected chi connectivity index (χ0v) is 10.2. The quantitative estimate of drug-likeness (QED) is 0.820. The molecular formula is C13H17F2NO2. The molecule has 1 atom stereocenters. The first kappa shape index (κ1) is 14.6. The lowest BCUT2D eigenvalue weighted by molar-refractivity contribution is 0.0942. The van der Waals surface area contributed by atoms with Crippen LogP contribution in [0, 0.1) is 17.6 Å². The monoisotopic (exact) mass is 257 g/mol. The highest BCUT2D eigenvalue weighted by molar-refractivity contribution is 5.94. The van der Waals surface area contributed by atoms with Gasteiger partial charge in [0.25, 0.3) is 5.91 Å². The van der Waals surface area contributed by atoms with Crippen LogP contribution in [-0.2, 0) is 0 Å². The van der Waals surface area contributed by atoms with Gasteiger partial charge in [-0.15, -0.1) is 0 Å². The predicted octanol–water partition coefficient (Wildman–Crippen LogP) is 2.10. The van der Waals surface area contributed by atoms with Gasteiger partial charge in [-0.1, -0.05) is 13.3 Å². The van der Waals surface area contributed by atoms with Crippen molar-refractivity contribution in [1.29, 1.82) is 0 Å². The lowest BCUT2D eigenvalue weighted by Gasteiger charge is -2.14. The van der Waals surface area contributed by atoms with E-state index in [4.69, 9.17) is 5.11 Å². The van der Waals surface area contributed by atoms with Crippen LogP contribution in [0.2, 0.25) is 0 Å². The third kappa shape index (κ3) is 4.41. The van der Waals surface area contributed by atoms with Crippen molar-refractivity contribution >= 4 is 5.91 Å². The van der Waals surface area contributed by atoms with Crippen LogP contribution in [0.4, 0.5) is 8.78 Å². The summed E-state index contributed by atoms with van der Waals surface area (Å²) in [6.07, 6.45) is 1.41. The smallest absolute Gasteiger partial charge is 0.251 e. The van der Waals surface area contributed by atoms with E-state index in [1.165, 1.54) is 0 Å². The molecule has 0 radical (unpaired) electrons. The lowest BCUT2D eigenvalue weighted by Crippen LogP contribution is -2.29. The summed E-state index contributed by atoms with van der Waals surface area (Å²) in [5.41, 5.74) is -0.0358. The van der Waals surface area contributed by atoms with Gasteiger partial charge >= 0.3 is 0 Å². The summed E-state index contributed by atoms with van der Waals surface area (Å²) >= 11 is 0. The minimum Gasteiger partial charge on any atom is -0.396 e. The molecule has 1 unspecified atom stereocenters. The number of aliphatic hydroxyl groups is 1. The zero-order valence-electron chi connectivity index (χ0n) is 10.2. The molecule has 0 saturated carbocycles. The van der Waals surface area contributed by atoms with Crippen LogP contribution >= 0.6 is 0 Å². The number of carbonyl (C=O) groups is 1. The Bertz CT molecular complexity index is 390. The largest absolute Gasteiger partial charge is 0.396 e. The molecule has 18 heavy (non-hydrogen) atoms. The van der Waals surface area contributed by atoms with Gasteiger partial charge in [0.2, 0.25) is 0 Å². The summed E-state index contributed by atoms with van der Waals surface area (Å²) < 4.78 is 25.8. The molecule has 0 spiro atoms. The Kier molecular flexibility index (Phi) is 5.71. The van der Waals surface area contributed by atoms with Crippen LogP contribution < -0.4 is 5.32 Å². The molecule has 1 rings (SSSR count). The van der Waals surface area contributed by atoms with Crippen molar-refractivity contribution in [3.8, 4) is 0 Å². The van der Waals surface area contributed by atoms with Crippen molar-refractivity contribution in [3.63, 3.8) is 0 Å². The van der Waals surface area contributed by atoms with Gasteiger partial charge in [-0.3, -0.25) is 4.79 Å². The van der Waals surface area contributed by atoms with E-state index in [0.29, 0.717) is 13.0 Å². The molecule has 3 nitrogen and oxygen atoms in total. The Labute approximate surface area is 105 Å². The van der Waals surface area contributed by atoms with Gasteiger partial charge in [0.1, 0.15) is 11.6 Å². The molecule has 1 aromatic carbocycles. The highest BCUT2D eigenvalue weighted by atomic mass is 19.1. The second-order valence-corrected chi connectivity index (χ2v) is 4.15. The van der Waals surface area contributed by atoms with Crippen molar-refractivity contribution in [2.75, 3.05) is 13.2 Å². The van der Waals surface area contributed by atoms with Crippen LogP contribution in [-0.4, -0.2) is 24.2 Å². The fraction of sp³-hybridized carbons (Fsp3) is 0.462. The topological polar surface area (TPSA) is 49.3 Å². The van der Waals surface area contributed by atoms with Crippen LogP contribution in [0.15, 0.2) is 18.2 Å². The summed E-state index contributed by atoms with van der Waals surface area (Å²) in [5, 5.41) is 11.4. The molecule has 100 valence electrons. The number of halogens is 2. The molecular weight excluding hydrogens is 240 g/mol. The summed E-state index contributed by atoms with van der Waals surface area (Å²) in [6, 6.07) is 2.70. The highest BCUT2D eigenvalue weighted by Gasteiger charge is 2.11. The average molecular weight is 257 g/mol. The maximum Gasteiger partial charge on any atom is 0.251 e. The maximum absolute atomic E-state index is 12.9. The van der Waals surface area contributed by atoms with Gasteiger partial charge in [-0.05, 0) is 24.5 Å². The molecule has 0 aromatic heterocycles. The number of hydrogen-bond acceptors (Lipinski definition) is 2. The molecule has 0 bridgehead atoms. The third-order valence-electron chi connectivity index (χ3n) is 2.79. The van der Waals surface area contributed by atoms with Crippen molar-refractivity contribution in [3.05, 3.63) is 35.4 Å². The first-order chi connectivity index (χ1) is 8.56. The molecule has 1 aromatic rings. The van der Waals surface area contributed by atoms with Gasteiger partial charge in [-0.25, -0.2) is 8.78 Å². The molecule has 0 heterocycles. The van der Waals surface area contributed by atoms with Crippen molar-refractivity contribution in [2.45, 2.75) is 19.8 Å². The SMILES string of the molecule is CCC(CCO)CNC(=O)c1cc(F)cc(F)c1. The second kappa shape index (κ2) is 7.06. The first-order valence-electron chi connectivity index (χ1n) is 5.92. The minimum absolute atomic E-state index is 0.0358. The lowest BCUT2D eigenvalue weighted by atomic mass is 10.0. The fourth-order valence-corrected chi connectivity index (χ4v) is 1.66. The minimum atomic E-state index is -0.775. The van der Waals surface area contributed by atoms with E-state index >= 15 is 0 Å². The third-order valence-corrected chi connectivity index (χ3v) is 2.79. The zero-order chi connectivity index (χ0) is 13.5. The summed E-state index contributed by atoms with van der Waals surface area (Å²) in [5.74, 6) is -1.90. The molecule has 0 saturated heterocycles. The molecule has 0 aliphatic heterocycles. The molecule has 0 aliphatic rings. The molecule has 1 amide bonds. The van der Waals surface area contributed by atoms with Crippen molar-refractivity contribution in [2.24, 2.45) is 5.92 Å². The Morgan fingerprint density at radius 3 is 2.44 bits per heavy atom. The second-order valence-electron chi connectivity index (χ2n) is 4.15. The van der Waals surface area contributed by atoms with Gasteiger partial charge in [0.05, 0.1) is 0 Å². The van der Waals surface area contributed by atoms with Crippen molar-refractivity contribution in [1.82, 2.24) is 5.32 Å². The number of aliphatic hydroxyl groups excluding tert-OH is 1. The van der Waals surface area contributed by atoms with Crippen LogP contribution in [0.1, 0.15) is 30.1 Å². The molecule has 2 N–H and O–H groups in total. The fourth-order valence-electron chi connectivity index (χ4n) is 1.66. The van der Waals surface area contributed by atoms with Crippen molar-refractivity contribution < 1.29 is 18.7 Å². The van der Waals surface area contributed by atoms with Gasteiger partial charge < -0.3 is 10.4 Å². The van der Waals surface area contributed by atoms with E-state index in [1.54, 1.807) is 0 Å². The summed E-state index contributed by atoms with van der Waals surface area (Å²) in [6.45, 7) is 2.39. The van der Waals surface area contributed by atoms with E-state index in [9.17, 15) is 13.6 Å². The van der Waals surface area contributed by atoms with E-state index < -0.39 is 17.5 Å². The normalized spacial score (nSPS) is 12.2. The Morgan fingerprint density at radius 2 is 1.94 bits per heavy atom. The highest BCUT2D eigenvalue weighted by Crippen LogP contribution is 2.09. The summed E-state index contributed by atoms with van der Waals surface area (Å²) in [4.78, 5) is 11.7. The average Bonchev–Trinajstić information content (AvgIpc) is 2.32. The predicted molar refractivity (Wildman–Crippen MR) is 64.2 cm³/mol. The number of nitrogens with one attached hydrogen (secondary N) is 1. The standard InChI is InChI=1S/C13H17F2NO2/c1-2-9(3-4-17)8-16-13(18)10-5-11(14)7-12(15)6-10/h5-7,9,17H,2-4,8H2,1H3,(H,16,18).